The zero-order valence-corrected chi connectivity index (χ0v) is 9.11. The average Bonchev–Trinajstić information content (AvgIpc) is 2.20. The molecule has 0 saturated carbocycles. The van der Waals surface area contributed by atoms with Crippen LogP contribution in [0.5, 0.6) is 5.75 Å². The maximum absolute atomic E-state index is 11.3. The van der Waals surface area contributed by atoms with E-state index >= 15 is 0 Å². The molecule has 0 aliphatic rings. The van der Waals surface area contributed by atoms with E-state index in [0.717, 1.165) is 0 Å². The van der Waals surface area contributed by atoms with Crippen LogP contribution in [0, 0.1) is 3.57 Å². The molecule has 0 atom stereocenters. The fourth-order valence-electron chi connectivity index (χ4n) is 0.981. The van der Waals surface area contributed by atoms with E-state index in [1.165, 1.54) is 12.1 Å². The number of nitrogens with two attached hydrogens (primary N) is 1. The third-order valence-electron chi connectivity index (χ3n) is 1.64. The molecule has 0 radical (unpaired) electrons. The van der Waals surface area contributed by atoms with E-state index in [2.05, 4.69) is 0 Å². The second-order valence-corrected chi connectivity index (χ2v) is 3.53. The van der Waals surface area contributed by atoms with Gasteiger partial charge in [-0.2, -0.15) is 0 Å². The molecule has 0 unspecified atom stereocenters. The first-order valence-corrected chi connectivity index (χ1v) is 4.67. The third-order valence-corrected chi connectivity index (χ3v) is 2.73. The predicted octanol–water partition coefficient (Wildman–Crippen LogP) is 0.413. The molecule has 6 heteroatoms. The maximum atomic E-state index is 11.3. The van der Waals surface area contributed by atoms with Crippen molar-refractivity contribution in [2.24, 2.45) is 5.84 Å². The number of aldehydes is 1. The summed E-state index contributed by atoms with van der Waals surface area (Å²) in [5.41, 5.74) is 2.19. The van der Waals surface area contributed by atoms with Crippen molar-refractivity contribution >= 4 is 34.8 Å². The van der Waals surface area contributed by atoms with Crippen LogP contribution in [-0.2, 0) is 0 Å². The number of aromatic hydroxyl groups is 1. The summed E-state index contributed by atoms with van der Waals surface area (Å²) < 4.78 is 0.301. The number of halogens is 1. The number of carbonyl (C=O) groups excluding carboxylic acids is 2. The largest absolute Gasteiger partial charge is 0.507 e. The second kappa shape index (κ2) is 4.38. The number of hydrazine groups is 1. The van der Waals surface area contributed by atoms with E-state index in [9.17, 15) is 14.7 Å². The highest BCUT2D eigenvalue weighted by molar-refractivity contribution is 14.1. The Bertz CT molecular complexity index is 392. The van der Waals surface area contributed by atoms with Gasteiger partial charge in [0.05, 0.1) is 9.13 Å². The lowest BCUT2D eigenvalue weighted by Crippen LogP contribution is -2.31. The quantitative estimate of drug-likeness (QED) is 0.243. The molecule has 0 bridgehead atoms. The predicted molar refractivity (Wildman–Crippen MR) is 57.9 cm³/mol. The van der Waals surface area contributed by atoms with Crippen LogP contribution in [0.3, 0.4) is 0 Å². The Morgan fingerprint density at radius 1 is 1.57 bits per heavy atom. The average molecular weight is 306 g/mol. The molecule has 0 aromatic heterocycles. The fourth-order valence-corrected chi connectivity index (χ4v) is 1.72. The number of nitrogen functional groups attached to an aromatic ring is 1. The van der Waals surface area contributed by atoms with Gasteiger partial charge in [-0.25, -0.2) is 5.84 Å². The van der Waals surface area contributed by atoms with Crippen molar-refractivity contribution in [2.45, 2.75) is 0 Å². The Morgan fingerprint density at radius 3 is 2.71 bits per heavy atom. The minimum atomic E-state index is -0.604. The lowest BCUT2D eigenvalue weighted by Gasteiger charge is -2.06. The summed E-state index contributed by atoms with van der Waals surface area (Å²) in [7, 11) is 0. The van der Waals surface area contributed by atoms with E-state index in [-0.39, 0.29) is 16.9 Å². The molecule has 14 heavy (non-hydrogen) atoms. The van der Waals surface area contributed by atoms with Crippen LogP contribution in [0.1, 0.15) is 20.7 Å². The van der Waals surface area contributed by atoms with Gasteiger partial charge in [0.2, 0.25) is 0 Å². The van der Waals surface area contributed by atoms with Crippen LogP contribution in [0.15, 0.2) is 12.1 Å². The van der Waals surface area contributed by atoms with E-state index < -0.39 is 5.91 Å². The molecule has 1 aromatic carbocycles. The normalized spacial score (nSPS) is 9.57. The minimum absolute atomic E-state index is 0.0604. The molecule has 4 N–H and O–H groups in total. The van der Waals surface area contributed by atoms with Crippen molar-refractivity contribution in [1.29, 1.82) is 0 Å². The van der Waals surface area contributed by atoms with E-state index in [4.69, 9.17) is 5.84 Å². The molecule has 1 aromatic rings. The van der Waals surface area contributed by atoms with Crippen LogP contribution in [0.2, 0.25) is 0 Å². The molecule has 1 rings (SSSR count). The maximum Gasteiger partial charge on any atom is 0.267 e. The summed E-state index contributed by atoms with van der Waals surface area (Å²) in [5, 5.41) is 9.32. The van der Waals surface area contributed by atoms with Crippen LogP contribution in [0.4, 0.5) is 0 Å². The zero-order chi connectivity index (χ0) is 10.7. The Balaban J connectivity index is 3.42. The van der Waals surface area contributed by atoms with Crippen LogP contribution < -0.4 is 11.3 Å². The second-order valence-electron chi connectivity index (χ2n) is 2.45. The van der Waals surface area contributed by atoms with Crippen LogP contribution in [0.25, 0.3) is 0 Å². The highest BCUT2D eigenvalue weighted by Crippen LogP contribution is 2.25. The first-order valence-electron chi connectivity index (χ1n) is 3.59. The molecule has 0 spiro atoms. The van der Waals surface area contributed by atoms with Crippen molar-refractivity contribution < 1.29 is 14.7 Å². The van der Waals surface area contributed by atoms with Gasteiger partial charge in [-0.3, -0.25) is 15.0 Å². The number of phenolic OH excluding ortho intramolecular Hbond substituents is 1. The van der Waals surface area contributed by atoms with Gasteiger partial charge in [0.15, 0.2) is 6.29 Å². The fraction of sp³-hybridized carbons (Fsp3) is 0. The minimum Gasteiger partial charge on any atom is -0.507 e. The number of carbonyl (C=O) groups is 2. The van der Waals surface area contributed by atoms with E-state index in [0.29, 0.717) is 9.86 Å². The molecule has 0 fully saturated rings. The Labute approximate surface area is 93.4 Å². The SMILES string of the molecule is NNC(=O)c1c(C=O)ccc(O)c1I. The summed E-state index contributed by atoms with van der Waals surface area (Å²) in [4.78, 5) is 21.9. The van der Waals surface area contributed by atoms with Crippen molar-refractivity contribution in [3.8, 4) is 5.75 Å². The van der Waals surface area contributed by atoms with Crippen molar-refractivity contribution in [2.75, 3.05) is 0 Å². The zero-order valence-electron chi connectivity index (χ0n) is 6.95. The number of rotatable bonds is 2. The first-order chi connectivity index (χ1) is 6.61. The number of benzene rings is 1. The van der Waals surface area contributed by atoms with Gasteiger partial charge in [-0.05, 0) is 34.7 Å². The van der Waals surface area contributed by atoms with Gasteiger partial charge >= 0.3 is 0 Å². The Morgan fingerprint density at radius 2 is 2.21 bits per heavy atom. The monoisotopic (exact) mass is 306 g/mol. The molecule has 0 heterocycles. The number of amides is 1. The topological polar surface area (TPSA) is 92.4 Å². The molecule has 0 saturated heterocycles. The molecular formula is C8H7IN2O3. The molecule has 5 nitrogen and oxygen atoms in total. The number of hydrogen-bond acceptors (Lipinski definition) is 4. The summed E-state index contributed by atoms with van der Waals surface area (Å²) in [6.45, 7) is 0. The summed E-state index contributed by atoms with van der Waals surface area (Å²) in [6, 6.07) is 2.70. The van der Waals surface area contributed by atoms with Gasteiger partial charge in [-0.15, -0.1) is 0 Å². The molecule has 1 amide bonds. The molecule has 0 aliphatic heterocycles. The number of hydrogen-bond donors (Lipinski definition) is 3. The van der Waals surface area contributed by atoms with Gasteiger partial charge in [-0.1, -0.05) is 0 Å². The van der Waals surface area contributed by atoms with Crippen molar-refractivity contribution in [3.05, 3.63) is 26.8 Å². The van der Waals surface area contributed by atoms with Gasteiger partial charge in [0.1, 0.15) is 5.75 Å². The summed E-state index contributed by atoms with van der Waals surface area (Å²) in [5.74, 6) is 4.28. The summed E-state index contributed by atoms with van der Waals surface area (Å²) in [6.07, 6.45) is 0.534. The Hall–Kier alpha value is -1.15. The number of phenols is 1. The first kappa shape index (κ1) is 10.9. The van der Waals surface area contributed by atoms with Crippen LogP contribution in [-0.4, -0.2) is 17.3 Å². The van der Waals surface area contributed by atoms with E-state index in [1.54, 1.807) is 22.6 Å². The lowest BCUT2D eigenvalue weighted by atomic mass is 10.1. The molecule has 0 aliphatic carbocycles. The van der Waals surface area contributed by atoms with Gasteiger partial charge in [0, 0.05) is 5.56 Å². The highest BCUT2D eigenvalue weighted by Gasteiger charge is 2.16. The molecular weight excluding hydrogens is 299 g/mol. The molecule has 74 valence electrons. The third kappa shape index (κ3) is 1.85. The smallest absolute Gasteiger partial charge is 0.267 e. The van der Waals surface area contributed by atoms with Crippen molar-refractivity contribution in [1.82, 2.24) is 5.43 Å². The van der Waals surface area contributed by atoms with Crippen molar-refractivity contribution in [3.63, 3.8) is 0 Å². The lowest BCUT2D eigenvalue weighted by molar-refractivity contribution is 0.0946. The Kier molecular flexibility index (Phi) is 3.42. The summed E-state index contributed by atoms with van der Waals surface area (Å²) >= 11 is 1.77. The standard InChI is InChI=1S/C8H7IN2O3/c9-7-5(13)2-1-4(3-12)6(7)8(14)11-10/h1-3,13H,10H2,(H,11,14). The number of nitrogens with one attached hydrogen (secondary N) is 1. The van der Waals surface area contributed by atoms with E-state index in [1.807, 2.05) is 5.43 Å². The van der Waals surface area contributed by atoms with Gasteiger partial charge in [0.25, 0.3) is 5.91 Å². The van der Waals surface area contributed by atoms with Gasteiger partial charge < -0.3 is 5.11 Å². The van der Waals surface area contributed by atoms with Crippen LogP contribution >= 0.6 is 22.6 Å². The highest BCUT2D eigenvalue weighted by atomic mass is 127.